The second-order valence-corrected chi connectivity index (χ2v) is 7.80. The smallest absolute Gasteiger partial charge is 0.403 e. The third-order valence-corrected chi connectivity index (χ3v) is 6.71. The van der Waals surface area contributed by atoms with Gasteiger partial charge in [-0.25, -0.2) is 0 Å². The van der Waals surface area contributed by atoms with Gasteiger partial charge in [0, 0.05) is 11.5 Å². The molecule has 19 heavy (non-hydrogen) atoms. The van der Waals surface area contributed by atoms with Crippen molar-refractivity contribution in [3.05, 3.63) is 0 Å². The Morgan fingerprint density at radius 1 is 1.37 bits per heavy atom. The summed E-state index contributed by atoms with van der Waals surface area (Å²) < 4.78 is 43.3. The number of hydrogen-bond acceptors (Lipinski definition) is 5. The Morgan fingerprint density at radius 3 is 2.53 bits per heavy atom. The number of alkyl halides is 3. The van der Waals surface area contributed by atoms with Crippen LogP contribution in [0.15, 0.2) is 0 Å². The average molecular weight is 315 g/mol. The van der Waals surface area contributed by atoms with Gasteiger partial charge in [0.25, 0.3) is 0 Å². The lowest BCUT2D eigenvalue weighted by Crippen LogP contribution is -2.59. The molecule has 0 amide bonds. The number of esters is 1. The molecule has 2 aliphatic heterocycles. The Bertz CT molecular complexity index is 345. The Labute approximate surface area is 118 Å². The predicted molar refractivity (Wildman–Crippen MR) is 70.3 cm³/mol. The summed E-state index contributed by atoms with van der Waals surface area (Å²) in [6, 6.07) is -2.49. The lowest BCUT2D eigenvalue weighted by Gasteiger charge is -2.41. The first-order chi connectivity index (χ1) is 8.86. The van der Waals surface area contributed by atoms with Crippen molar-refractivity contribution in [3.63, 3.8) is 0 Å². The Morgan fingerprint density at radius 2 is 2.00 bits per heavy atom. The molecule has 2 aliphatic rings. The first-order valence-corrected chi connectivity index (χ1v) is 8.11. The molecule has 0 aromatic heterocycles. The molecule has 2 fully saturated rings. The topological polar surface area (TPSA) is 38.3 Å². The molecule has 0 unspecified atom stereocenters. The van der Waals surface area contributed by atoms with Crippen molar-refractivity contribution < 1.29 is 22.7 Å². The van der Waals surface area contributed by atoms with E-state index in [0.717, 1.165) is 11.5 Å². The number of halogens is 3. The number of hydrogen-bond donors (Lipinski definition) is 1. The van der Waals surface area contributed by atoms with Gasteiger partial charge < -0.3 is 4.74 Å². The van der Waals surface area contributed by atoms with E-state index in [1.165, 1.54) is 23.5 Å². The summed E-state index contributed by atoms with van der Waals surface area (Å²) in [7, 11) is 0. The second-order valence-electron chi connectivity index (χ2n) is 4.58. The Hall–Kier alpha value is -0.0800. The van der Waals surface area contributed by atoms with Gasteiger partial charge >= 0.3 is 12.1 Å². The molecule has 110 valence electrons. The highest BCUT2D eigenvalue weighted by atomic mass is 32.2. The molecule has 0 bridgehead atoms. The normalized spacial score (nSPS) is 30.5. The van der Waals surface area contributed by atoms with Crippen molar-refractivity contribution in [2.75, 3.05) is 18.1 Å². The standard InChI is InChI=1S/C11H16F3NO2S2/c1-2-17-9(16)7-5-10(18-3-4-19-10)6-8(15-7)11(12,13)14/h7-8,15H,2-6H2,1H3/t7-,8+/m0/s1. The van der Waals surface area contributed by atoms with Crippen LogP contribution in [0.4, 0.5) is 13.2 Å². The summed E-state index contributed by atoms with van der Waals surface area (Å²) >= 11 is 3.08. The molecule has 1 spiro atoms. The summed E-state index contributed by atoms with van der Waals surface area (Å²) in [5, 5.41) is 2.40. The van der Waals surface area contributed by atoms with Gasteiger partial charge in [0.05, 0.1) is 10.7 Å². The summed E-state index contributed by atoms with van der Waals surface area (Å²) in [5.74, 6) is 1.10. The molecule has 0 saturated carbocycles. The Kier molecular flexibility index (Phi) is 4.62. The van der Waals surface area contributed by atoms with Gasteiger partial charge in [0.1, 0.15) is 12.1 Å². The van der Waals surface area contributed by atoms with Crippen LogP contribution in [-0.2, 0) is 9.53 Å². The van der Waals surface area contributed by atoms with E-state index in [4.69, 9.17) is 4.74 Å². The lowest BCUT2D eigenvalue weighted by molar-refractivity contribution is -0.169. The van der Waals surface area contributed by atoms with Crippen LogP contribution >= 0.6 is 23.5 Å². The van der Waals surface area contributed by atoms with E-state index in [1.54, 1.807) is 6.92 Å². The largest absolute Gasteiger partial charge is 0.465 e. The highest BCUT2D eigenvalue weighted by Crippen LogP contribution is 2.53. The predicted octanol–water partition coefficient (Wildman–Crippen LogP) is 2.41. The van der Waals surface area contributed by atoms with E-state index in [2.05, 4.69) is 5.32 Å². The summed E-state index contributed by atoms with van der Waals surface area (Å²) in [6.45, 7) is 1.83. The van der Waals surface area contributed by atoms with Gasteiger partial charge in [0.15, 0.2) is 0 Å². The zero-order valence-corrected chi connectivity index (χ0v) is 12.1. The quantitative estimate of drug-likeness (QED) is 0.792. The van der Waals surface area contributed by atoms with Crippen molar-refractivity contribution in [3.8, 4) is 0 Å². The fourth-order valence-electron chi connectivity index (χ4n) is 2.40. The molecular weight excluding hydrogens is 299 g/mol. The minimum Gasteiger partial charge on any atom is -0.465 e. The SMILES string of the molecule is CCOC(=O)[C@@H]1CC2(C[C@H](C(F)(F)F)N1)SCCS2. The van der Waals surface area contributed by atoms with E-state index in [9.17, 15) is 18.0 Å². The van der Waals surface area contributed by atoms with Crippen LogP contribution in [0.25, 0.3) is 0 Å². The fourth-order valence-corrected chi connectivity index (χ4v) is 5.79. The third kappa shape index (κ3) is 3.52. The van der Waals surface area contributed by atoms with E-state index in [0.29, 0.717) is 6.42 Å². The average Bonchev–Trinajstić information content (AvgIpc) is 2.75. The maximum absolute atomic E-state index is 13.0. The maximum Gasteiger partial charge on any atom is 0.403 e. The molecule has 3 nitrogen and oxygen atoms in total. The van der Waals surface area contributed by atoms with E-state index in [-0.39, 0.29) is 13.0 Å². The molecule has 8 heteroatoms. The van der Waals surface area contributed by atoms with Gasteiger partial charge in [-0.1, -0.05) is 0 Å². The van der Waals surface area contributed by atoms with Crippen LogP contribution in [0, 0.1) is 0 Å². The maximum atomic E-state index is 13.0. The number of thioether (sulfide) groups is 2. The summed E-state index contributed by atoms with van der Waals surface area (Å²) in [5.41, 5.74) is 0. The Balaban J connectivity index is 2.14. The summed E-state index contributed by atoms with van der Waals surface area (Å²) in [6.07, 6.45) is -3.92. The van der Waals surface area contributed by atoms with Gasteiger partial charge in [-0.05, 0) is 19.8 Å². The molecule has 2 atom stereocenters. The fraction of sp³-hybridized carbons (Fsp3) is 0.909. The van der Waals surface area contributed by atoms with Crippen molar-refractivity contribution in [1.82, 2.24) is 5.32 Å². The number of piperidine rings is 1. The number of rotatable bonds is 2. The van der Waals surface area contributed by atoms with Gasteiger partial charge in [0.2, 0.25) is 0 Å². The highest BCUT2D eigenvalue weighted by molar-refractivity contribution is 8.21. The number of ether oxygens (including phenoxy) is 1. The van der Waals surface area contributed by atoms with Crippen LogP contribution in [0.5, 0.6) is 0 Å². The molecule has 2 rings (SSSR count). The lowest BCUT2D eigenvalue weighted by atomic mass is 9.97. The van der Waals surface area contributed by atoms with Gasteiger partial charge in [-0.3, -0.25) is 10.1 Å². The third-order valence-electron chi connectivity index (χ3n) is 3.21. The van der Waals surface area contributed by atoms with Crippen molar-refractivity contribution in [2.45, 2.75) is 42.1 Å². The zero-order valence-electron chi connectivity index (χ0n) is 10.5. The van der Waals surface area contributed by atoms with E-state index >= 15 is 0 Å². The number of carbonyl (C=O) groups excluding carboxylic acids is 1. The van der Waals surface area contributed by atoms with E-state index in [1.807, 2.05) is 0 Å². The van der Waals surface area contributed by atoms with Crippen LogP contribution in [0.2, 0.25) is 0 Å². The second kappa shape index (κ2) is 5.73. The molecule has 0 radical (unpaired) electrons. The molecular formula is C11H16F3NO2S2. The van der Waals surface area contributed by atoms with Crippen molar-refractivity contribution >= 4 is 29.5 Å². The van der Waals surface area contributed by atoms with Crippen LogP contribution in [-0.4, -0.2) is 46.4 Å². The molecule has 0 aromatic rings. The molecule has 2 saturated heterocycles. The molecule has 0 aromatic carbocycles. The number of nitrogens with one attached hydrogen (secondary N) is 1. The molecule has 0 aliphatic carbocycles. The zero-order chi connectivity index (χ0) is 14.1. The van der Waals surface area contributed by atoms with Gasteiger partial charge in [-0.15, -0.1) is 23.5 Å². The van der Waals surface area contributed by atoms with Crippen molar-refractivity contribution in [1.29, 1.82) is 0 Å². The monoisotopic (exact) mass is 315 g/mol. The molecule has 1 N–H and O–H groups in total. The number of carbonyl (C=O) groups is 1. The van der Waals surface area contributed by atoms with Crippen LogP contribution < -0.4 is 5.32 Å². The van der Waals surface area contributed by atoms with E-state index < -0.39 is 28.3 Å². The first kappa shape index (κ1) is 15.3. The van der Waals surface area contributed by atoms with Crippen LogP contribution in [0.3, 0.4) is 0 Å². The van der Waals surface area contributed by atoms with Crippen molar-refractivity contribution in [2.24, 2.45) is 0 Å². The highest BCUT2D eigenvalue weighted by Gasteiger charge is 2.53. The van der Waals surface area contributed by atoms with Crippen LogP contribution in [0.1, 0.15) is 19.8 Å². The van der Waals surface area contributed by atoms with Gasteiger partial charge in [-0.2, -0.15) is 13.2 Å². The summed E-state index contributed by atoms with van der Waals surface area (Å²) in [4.78, 5) is 11.7. The first-order valence-electron chi connectivity index (χ1n) is 6.13. The minimum atomic E-state index is -4.33. The molecule has 2 heterocycles. The minimum absolute atomic E-state index is 0.0156.